The summed E-state index contributed by atoms with van der Waals surface area (Å²) >= 11 is 0. The number of likely N-dealkylation sites (tertiary alicyclic amines) is 1. The van der Waals surface area contributed by atoms with Crippen molar-refractivity contribution in [3.8, 4) is 0 Å². The second kappa shape index (κ2) is 5.01. The van der Waals surface area contributed by atoms with Crippen molar-refractivity contribution >= 4 is 22.0 Å². The van der Waals surface area contributed by atoms with E-state index in [-0.39, 0.29) is 18.9 Å². The van der Waals surface area contributed by atoms with E-state index in [1.165, 1.54) is 19.1 Å². The fourth-order valence-corrected chi connectivity index (χ4v) is 2.08. The van der Waals surface area contributed by atoms with E-state index in [2.05, 4.69) is 8.92 Å². The number of carbonyl (C=O) groups excluding carboxylic acids is 2. The number of hydrogen-bond acceptors (Lipinski definition) is 6. The molecule has 1 saturated heterocycles. The van der Waals surface area contributed by atoms with Crippen LogP contribution in [0.4, 0.5) is 0 Å². The molecule has 0 aliphatic carbocycles. The zero-order valence-electron chi connectivity index (χ0n) is 9.87. The summed E-state index contributed by atoms with van der Waals surface area (Å²) < 4.78 is 30.8. The highest BCUT2D eigenvalue weighted by Gasteiger charge is 2.42. The van der Waals surface area contributed by atoms with Crippen LogP contribution < -0.4 is 0 Å². The van der Waals surface area contributed by atoms with Gasteiger partial charge in [0, 0.05) is 7.05 Å². The third-order valence-corrected chi connectivity index (χ3v) is 3.23. The Hall–Kier alpha value is -1.15. The Morgan fingerprint density at radius 2 is 2.12 bits per heavy atom. The molecule has 7 nitrogen and oxygen atoms in total. The van der Waals surface area contributed by atoms with E-state index in [1.54, 1.807) is 0 Å². The van der Waals surface area contributed by atoms with Gasteiger partial charge >= 0.3 is 5.97 Å². The van der Waals surface area contributed by atoms with Gasteiger partial charge in [-0.2, -0.15) is 8.42 Å². The molecule has 0 aromatic heterocycles. The SMILES string of the molecule is COC(=O)[C@H]1C[C@@H](COS(C)(=O)=O)N(C)C1=O. The predicted molar refractivity (Wildman–Crippen MR) is 57.5 cm³/mol. The van der Waals surface area contributed by atoms with Gasteiger partial charge in [0.1, 0.15) is 5.92 Å². The first-order valence-electron chi connectivity index (χ1n) is 4.95. The molecule has 0 aromatic carbocycles. The van der Waals surface area contributed by atoms with Gasteiger partial charge in [-0.15, -0.1) is 0 Å². The van der Waals surface area contributed by atoms with Crippen LogP contribution in [0.25, 0.3) is 0 Å². The molecule has 0 aromatic rings. The summed E-state index contributed by atoms with van der Waals surface area (Å²) in [4.78, 5) is 24.3. The van der Waals surface area contributed by atoms with Gasteiger partial charge in [-0.25, -0.2) is 0 Å². The number of carbonyl (C=O) groups is 2. The van der Waals surface area contributed by atoms with Crippen LogP contribution >= 0.6 is 0 Å². The second-order valence-corrected chi connectivity index (χ2v) is 5.55. The maximum absolute atomic E-state index is 11.7. The first-order valence-corrected chi connectivity index (χ1v) is 6.77. The van der Waals surface area contributed by atoms with Crippen LogP contribution in [0.3, 0.4) is 0 Å². The summed E-state index contributed by atoms with van der Waals surface area (Å²) in [5.41, 5.74) is 0. The molecule has 1 fully saturated rings. The number of likely N-dealkylation sites (N-methyl/N-ethyl adjacent to an activating group) is 1. The fourth-order valence-electron chi connectivity index (χ4n) is 1.68. The van der Waals surface area contributed by atoms with Crippen LogP contribution in [0.1, 0.15) is 6.42 Å². The fraction of sp³-hybridized carbons (Fsp3) is 0.778. The minimum absolute atomic E-state index is 0.144. The van der Waals surface area contributed by atoms with Crippen molar-refractivity contribution in [2.75, 3.05) is 27.0 Å². The molecular weight excluding hydrogens is 250 g/mol. The number of hydrogen-bond donors (Lipinski definition) is 0. The molecule has 1 aliphatic heterocycles. The average molecular weight is 265 g/mol. The number of nitrogens with zero attached hydrogens (tertiary/aromatic N) is 1. The molecule has 0 radical (unpaired) electrons. The number of amides is 1. The zero-order valence-corrected chi connectivity index (χ0v) is 10.7. The third-order valence-electron chi connectivity index (χ3n) is 2.66. The number of rotatable bonds is 4. The van der Waals surface area contributed by atoms with Crippen molar-refractivity contribution in [1.29, 1.82) is 0 Å². The van der Waals surface area contributed by atoms with Crippen molar-refractivity contribution in [2.24, 2.45) is 5.92 Å². The number of ether oxygens (including phenoxy) is 1. The topological polar surface area (TPSA) is 90.0 Å². The lowest BCUT2D eigenvalue weighted by molar-refractivity contribution is -0.150. The molecule has 1 heterocycles. The average Bonchev–Trinajstić information content (AvgIpc) is 2.52. The molecule has 1 rings (SSSR count). The number of methoxy groups -OCH3 is 1. The molecule has 0 unspecified atom stereocenters. The Morgan fingerprint density at radius 1 is 1.53 bits per heavy atom. The highest BCUT2D eigenvalue weighted by atomic mass is 32.2. The summed E-state index contributed by atoms with van der Waals surface area (Å²) in [6, 6.07) is -0.429. The minimum Gasteiger partial charge on any atom is -0.468 e. The van der Waals surface area contributed by atoms with Gasteiger partial charge in [0.05, 0.1) is 26.0 Å². The Kier molecular flexibility index (Phi) is 4.10. The van der Waals surface area contributed by atoms with Gasteiger partial charge in [-0.1, -0.05) is 0 Å². The molecule has 0 bridgehead atoms. The van der Waals surface area contributed by atoms with Crippen molar-refractivity contribution in [3.63, 3.8) is 0 Å². The van der Waals surface area contributed by atoms with Crippen LogP contribution in [0.15, 0.2) is 0 Å². The van der Waals surface area contributed by atoms with Crippen molar-refractivity contribution in [3.05, 3.63) is 0 Å². The van der Waals surface area contributed by atoms with Gasteiger partial charge in [-0.3, -0.25) is 13.8 Å². The van der Waals surface area contributed by atoms with E-state index >= 15 is 0 Å². The van der Waals surface area contributed by atoms with E-state index in [1.807, 2.05) is 0 Å². The van der Waals surface area contributed by atoms with E-state index in [9.17, 15) is 18.0 Å². The first-order chi connectivity index (χ1) is 7.76. The summed E-state index contributed by atoms with van der Waals surface area (Å²) in [6.07, 6.45) is 1.14. The van der Waals surface area contributed by atoms with Gasteiger partial charge in [0.2, 0.25) is 5.91 Å². The molecule has 0 spiro atoms. The Bertz CT molecular complexity index is 417. The predicted octanol–water partition coefficient (Wildman–Crippen LogP) is -1.02. The van der Waals surface area contributed by atoms with Gasteiger partial charge in [0.15, 0.2) is 0 Å². The van der Waals surface area contributed by atoms with Crippen molar-refractivity contribution in [1.82, 2.24) is 4.90 Å². The lowest BCUT2D eigenvalue weighted by Gasteiger charge is -2.18. The molecule has 0 saturated carbocycles. The van der Waals surface area contributed by atoms with E-state index < -0.39 is 28.0 Å². The van der Waals surface area contributed by atoms with Crippen LogP contribution in [0.5, 0.6) is 0 Å². The van der Waals surface area contributed by atoms with Crippen LogP contribution in [0.2, 0.25) is 0 Å². The molecule has 2 atom stereocenters. The molecule has 98 valence electrons. The third kappa shape index (κ3) is 3.40. The number of esters is 1. The molecule has 0 N–H and O–H groups in total. The second-order valence-electron chi connectivity index (χ2n) is 3.90. The highest BCUT2D eigenvalue weighted by Crippen LogP contribution is 2.24. The Balaban J connectivity index is 2.66. The quantitative estimate of drug-likeness (QED) is 0.367. The van der Waals surface area contributed by atoms with Gasteiger partial charge in [-0.05, 0) is 6.42 Å². The van der Waals surface area contributed by atoms with E-state index in [0.29, 0.717) is 0 Å². The van der Waals surface area contributed by atoms with Gasteiger partial charge in [0.25, 0.3) is 10.1 Å². The highest BCUT2D eigenvalue weighted by molar-refractivity contribution is 7.85. The first kappa shape index (κ1) is 13.9. The Morgan fingerprint density at radius 3 is 2.59 bits per heavy atom. The molecule has 8 heteroatoms. The summed E-state index contributed by atoms with van der Waals surface area (Å²) in [5, 5.41) is 0. The Labute approximate surface area is 99.8 Å². The summed E-state index contributed by atoms with van der Waals surface area (Å²) in [6.45, 7) is -0.144. The molecule has 1 aliphatic rings. The molecular formula is C9H15NO6S. The summed E-state index contributed by atoms with van der Waals surface area (Å²) in [7, 11) is -0.844. The molecule has 17 heavy (non-hydrogen) atoms. The van der Waals surface area contributed by atoms with Gasteiger partial charge < -0.3 is 9.64 Å². The van der Waals surface area contributed by atoms with Crippen LogP contribution in [-0.4, -0.2) is 58.3 Å². The maximum atomic E-state index is 11.7. The van der Waals surface area contributed by atoms with E-state index in [4.69, 9.17) is 0 Å². The largest absolute Gasteiger partial charge is 0.468 e. The van der Waals surface area contributed by atoms with Crippen molar-refractivity contribution in [2.45, 2.75) is 12.5 Å². The molecule has 1 amide bonds. The van der Waals surface area contributed by atoms with Crippen LogP contribution in [0, 0.1) is 5.92 Å². The van der Waals surface area contributed by atoms with E-state index in [0.717, 1.165) is 6.26 Å². The van der Waals surface area contributed by atoms with Crippen LogP contribution in [-0.2, 0) is 28.6 Å². The maximum Gasteiger partial charge on any atom is 0.318 e. The minimum atomic E-state index is -3.55. The zero-order chi connectivity index (χ0) is 13.2. The monoisotopic (exact) mass is 265 g/mol. The lowest BCUT2D eigenvalue weighted by atomic mass is 10.1. The normalized spacial score (nSPS) is 25.1. The lowest BCUT2D eigenvalue weighted by Crippen LogP contribution is -2.34. The summed E-state index contributed by atoms with van der Waals surface area (Å²) in [5.74, 6) is -1.85. The smallest absolute Gasteiger partial charge is 0.318 e. The van der Waals surface area contributed by atoms with Crippen molar-refractivity contribution < 1.29 is 26.9 Å². The standard InChI is InChI=1S/C9H15NO6S/c1-10-6(5-16-17(3,13)14)4-7(8(10)11)9(12)15-2/h6-7H,4-5H2,1-3H3/t6-,7-/m0/s1.